The van der Waals surface area contributed by atoms with Gasteiger partial charge in [-0.15, -0.1) is 0 Å². The van der Waals surface area contributed by atoms with Crippen LogP contribution in [0.5, 0.6) is 11.5 Å². The average Bonchev–Trinajstić information content (AvgIpc) is 2.58. The second-order valence-corrected chi connectivity index (χ2v) is 8.36. The molecule has 0 heterocycles. The zero-order valence-electron chi connectivity index (χ0n) is 13.0. The molecule has 0 fully saturated rings. The van der Waals surface area contributed by atoms with Crippen LogP contribution in [-0.2, 0) is 9.59 Å². The van der Waals surface area contributed by atoms with Crippen LogP contribution in [0.4, 0.5) is 0 Å². The summed E-state index contributed by atoms with van der Waals surface area (Å²) in [6.07, 6.45) is 0. The van der Waals surface area contributed by atoms with E-state index in [1.54, 1.807) is 36.4 Å². The number of hydrogen-bond acceptors (Lipinski definition) is 4. The smallest absolute Gasteiger partial charge is 0.276 e. The first-order chi connectivity index (χ1) is 12.3. The Kier molecular flexibility index (Phi) is 8.39. The first-order valence-electron chi connectivity index (χ1n) is 7.08. The lowest BCUT2D eigenvalue weighted by Crippen LogP contribution is -2.45. The standard InChI is InChI=1S/C16H12Br4N2O4/c17-9-1-3-13(11(19)5-9)25-7-15(23)21-22-16(24)8-26-14-4-2-10(18)6-12(14)20/h1-6H,7-8H2,(H,21,23)(H,22,24). The van der Waals surface area contributed by atoms with Crippen molar-refractivity contribution in [2.75, 3.05) is 13.2 Å². The van der Waals surface area contributed by atoms with Gasteiger partial charge in [0.15, 0.2) is 13.2 Å². The number of nitrogens with one attached hydrogen (secondary N) is 2. The van der Waals surface area contributed by atoms with Crippen LogP contribution in [0.25, 0.3) is 0 Å². The summed E-state index contributed by atoms with van der Waals surface area (Å²) in [5.41, 5.74) is 4.51. The first-order valence-corrected chi connectivity index (χ1v) is 10.3. The molecule has 2 aromatic carbocycles. The van der Waals surface area contributed by atoms with Crippen molar-refractivity contribution < 1.29 is 19.1 Å². The molecule has 0 saturated heterocycles. The minimum Gasteiger partial charge on any atom is -0.483 e. The molecule has 0 aliphatic rings. The van der Waals surface area contributed by atoms with Crippen molar-refractivity contribution in [2.45, 2.75) is 0 Å². The molecule has 0 bridgehead atoms. The van der Waals surface area contributed by atoms with Gasteiger partial charge in [0, 0.05) is 8.95 Å². The summed E-state index contributed by atoms with van der Waals surface area (Å²) in [5.74, 6) is 0.0205. The van der Waals surface area contributed by atoms with Gasteiger partial charge < -0.3 is 9.47 Å². The molecule has 6 nitrogen and oxygen atoms in total. The first kappa shape index (κ1) is 21.2. The summed E-state index contributed by atoms with van der Waals surface area (Å²) in [6, 6.07) is 10.6. The van der Waals surface area contributed by atoms with E-state index in [1.807, 2.05) is 0 Å². The number of carbonyl (C=O) groups excluding carboxylic acids is 2. The zero-order chi connectivity index (χ0) is 19.1. The summed E-state index contributed by atoms with van der Waals surface area (Å²) in [4.78, 5) is 23.5. The molecule has 26 heavy (non-hydrogen) atoms. The van der Waals surface area contributed by atoms with Crippen LogP contribution in [0.2, 0.25) is 0 Å². The molecule has 2 amide bonds. The van der Waals surface area contributed by atoms with Gasteiger partial charge in [0.05, 0.1) is 8.95 Å². The SMILES string of the molecule is O=C(COc1ccc(Br)cc1Br)NNC(=O)COc1ccc(Br)cc1Br. The number of ether oxygens (including phenoxy) is 2. The summed E-state index contributed by atoms with van der Waals surface area (Å²) >= 11 is 13.3. The maximum absolute atomic E-state index is 11.7. The van der Waals surface area contributed by atoms with Crippen LogP contribution in [-0.4, -0.2) is 25.0 Å². The number of carbonyl (C=O) groups is 2. The topological polar surface area (TPSA) is 76.7 Å². The van der Waals surface area contributed by atoms with E-state index in [9.17, 15) is 9.59 Å². The van der Waals surface area contributed by atoms with E-state index in [0.717, 1.165) is 8.95 Å². The fourth-order valence-corrected chi connectivity index (χ4v) is 4.01. The Hall–Kier alpha value is -1.10. The lowest BCUT2D eigenvalue weighted by atomic mass is 10.3. The van der Waals surface area contributed by atoms with Crippen molar-refractivity contribution in [3.05, 3.63) is 54.3 Å². The fourth-order valence-electron chi connectivity index (χ4n) is 1.68. The summed E-state index contributed by atoms with van der Waals surface area (Å²) in [7, 11) is 0. The predicted octanol–water partition coefficient (Wildman–Crippen LogP) is 4.34. The molecule has 0 spiro atoms. The maximum Gasteiger partial charge on any atom is 0.276 e. The highest BCUT2D eigenvalue weighted by atomic mass is 79.9. The molecule has 138 valence electrons. The Bertz CT molecular complexity index is 749. The third-order valence-corrected chi connectivity index (χ3v) is 5.07. The van der Waals surface area contributed by atoms with Gasteiger partial charge in [-0.2, -0.15) is 0 Å². The molecule has 0 aliphatic heterocycles. The van der Waals surface area contributed by atoms with Crippen LogP contribution in [0.15, 0.2) is 54.3 Å². The molecule has 2 rings (SSSR count). The minimum absolute atomic E-state index is 0.250. The highest BCUT2D eigenvalue weighted by molar-refractivity contribution is 9.11. The average molecular weight is 616 g/mol. The molecule has 0 unspecified atom stereocenters. The highest BCUT2D eigenvalue weighted by Gasteiger charge is 2.09. The summed E-state index contributed by atoms with van der Waals surface area (Å²) in [6.45, 7) is -0.501. The maximum atomic E-state index is 11.7. The number of halogens is 4. The molecule has 0 aromatic heterocycles. The van der Waals surface area contributed by atoms with Crippen LogP contribution in [0.1, 0.15) is 0 Å². The molecule has 0 aliphatic carbocycles. The van der Waals surface area contributed by atoms with E-state index < -0.39 is 11.8 Å². The molecule has 2 N–H and O–H groups in total. The molecule has 10 heteroatoms. The zero-order valence-corrected chi connectivity index (χ0v) is 19.4. The van der Waals surface area contributed by atoms with Crippen molar-refractivity contribution in [1.82, 2.24) is 10.9 Å². The lowest BCUT2D eigenvalue weighted by Gasteiger charge is -2.11. The Balaban J connectivity index is 1.72. The molecular formula is C16H12Br4N2O4. The quantitative estimate of drug-likeness (QED) is 0.474. The minimum atomic E-state index is -0.502. The van der Waals surface area contributed by atoms with Crippen LogP contribution >= 0.6 is 63.7 Å². The van der Waals surface area contributed by atoms with Gasteiger partial charge in [0.1, 0.15) is 11.5 Å². The Labute approximate surface area is 183 Å². The fraction of sp³-hybridized carbons (Fsp3) is 0.125. The number of amides is 2. The number of hydrogen-bond donors (Lipinski definition) is 2. The second kappa shape index (κ2) is 10.3. The van der Waals surface area contributed by atoms with Crippen molar-refractivity contribution in [1.29, 1.82) is 0 Å². The van der Waals surface area contributed by atoms with Gasteiger partial charge in [-0.05, 0) is 68.3 Å². The number of rotatable bonds is 6. The van der Waals surface area contributed by atoms with E-state index in [-0.39, 0.29) is 13.2 Å². The molecule has 0 radical (unpaired) electrons. The van der Waals surface area contributed by atoms with Gasteiger partial charge in [-0.25, -0.2) is 0 Å². The molecule has 2 aromatic rings. The third kappa shape index (κ3) is 6.90. The van der Waals surface area contributed by atoms with Gasteiger partial charge in [0.2, 0.25) is 0 Å². The number of benzene rings is 2. The molecule has 0 saturated carbocycles. The van der Waals surface area contributed by atoms with Gasteiger partial charge >= 0.3 is 0 Å². The normalized spacial score (nSPS) is 10.2. The van der Waals surface area contributed by atoms with E-state index in [0.29, 0.717) is 20.4 Å². The van der Waals surface area contributed by atoms with Gasteiger partial charge in [0.25, 0.3) is 11.8 Å². The number of hydrazine groups is 1. The summed E-state index contributed by atoms with van der Waals surface area (Å²) in [5, 5.41) is 0. The van der Waals surface area contributed by atoms with E-state index in [1.165, 1.54) is 0 Å². The molecule has 0 atom stereocenters. The van der Waals surface area contributed by atoms with Crippen molar-refractivity contribution >= 4 is 75.5 Å². The van der Waals surface area contributed by atoms with Crippen LogP contribution in [0, 0.1) is 0 Å². The van der Waals surface area contributed by atoms with Crippen molar-refractivity contribution in [3.63, 3.8) is 0 Å². The van der Waals surface area contributed by atoms with Crippen molar-refractivity contribution in [3.8, 4) is 11.5 Å². The second-order valence-electron chi connectivity index (χ2n) is 4.82. The Morgan fingerprint density at radius 1 is 0.731 bits per heavy atom. The largest absolute Gasteiger partial charge is 0.483 e. The van der Waals surface area contributed by atoms with Crippen LogP contribution < -0.4 is 20.3 Å². The van der Waals surface area contributed by atoms with Gasteiger partial charge in [-0.3, -0.25) is 20.4 Å². The third-order valence-electron chi connectivity index (χ3n) is 2.85. The Morgan fingerprint density at radius 2 is 1.12 bits per heavy atom. The monoisotopic (exact) mass is 612 g/mol. The summed E-state index contributed by atoms with van der Waals surface area (Å²) < 4.78 is 13.9. The highest BCUT2D eigenvalue weighted by Crippen LogP contribution is 2.28. The predicted molar refractivity (Wildman–Crippen MR) is 111 cm³/mol. The van der Waals surface area contributed by atoms with Crippen molar-refractivity contribution in [2.24, 2.45) is 0 Å². The van der Waals surface area contributed by atoms with E-state index >= 15 is 0 Å². The Morgan fingerprint density at radius 3 is 1.46 bits per heavy atom. The van der Waals surface area contributed by atoms with E-state index in [4.69, 9.17) is 9.47 Å². The molecular weight excluding hydrogens is 604 g/mol. The van der Waals surface area contributed by atoms with Crippen LogP contribution in [0.3, 0.4) is 0 Å². The van der Waals surface area contributed by atoms with Gasteiger partial charge in [-0.1, -0.05) is 31.9 Å². The van der Waals surface area contributed by atoms with E-state index in [2.05, 4.69) is 74.6 Å². The lowest BCUT2D eigenvalue weighted by molar-refractivity contribution is -0.131.